The average Bonchev–Trinajstić information content (AvgIpc) is 3.11. The third-order valence-corrected chi connectivity index (χ3v) is 4.71. The Morgan fingerprint density at radius 3 is 2.48 bits per heavy atom. The fourth-order valence-corrected chi connectivity index (χ4v) is 3.30. The van der Waals surface area contributed by atoms with Crippen LogP contribution in [0.4, 0.5) is 10.1 Å². The summed E-state index contributed by atoms with van der Waals surface area (Å²) in [7, 11) is 0. The Hall–Kier alpha value is -3.35. The number of piperazine rings is 1. The molecule has 0 saturated carbocycles. The Bertz CT molecular complexity index is 1020. The van der Waals surface area contributed by atoms with E-state index in [1.54, 1.807) is 17.0 Å². The van der Waals surface area contributed by atoms with Gasteiger partial charge in [0, 0.05) is 42.8 Å². The van der Waals surface area contributed by atoms with E-state index in [0.717, 1.165) is 11.1 Å². The summed E-state index contributed by atoms with van der Waals surface area (Å²) in [4.78, 5) is 27.4. The first kappa shape index (κ1) is 17.1. The van der Waals surface area contributed by atoms with Crippen LogP contribution in [0.3, 0.4) is 0 Å². The number of rotatable bonds is 3. The molecule has 1 aromatic heterocycles. The highest BCUT2D eigenvalue weighted by Crippen LogP contribution is 2.26. The summed E-state index contributed by atoms with van der Waals surface area (Å²) in [6.07, 6.45) is 0. The number of halogens is 1. The summed E-state index contributed by atoms with van der Waals surface area (Å²) in [6, 6.07) is 12.7. The first-order chi connectivity index (χ1) is 13.0. The molecular weight excluding hydrogens is 351 g/mol. The maximum Gasteiger partial charge on any atom is 0.371 e. The number of amides is 1. The van der Waals surface area contributed by atoms with Crippen molar-refractivity contribution in [2.45, 2.75) is 0 Å². The molecule has 0 bridgehead atoms. The molecule has 4 rings (SSSR count). The quantitative estimate of drug-likeness (QED) is 0.768. The van der Waals surface area contributed by atoms with Gasteiger partial charge in [0.1, 0.15) is 11.4 Å². The number of carbonyl (C=O) groups excluding carboxylic acids is 1. The number of carbonyl (C=O) groups is 2. The molecule has 1 fully saturated rings. The predicted octanol–water partition coefficient (Wildman–Crippen LogP) is 3.23. The smallest absolute Gasteiger partial charge is 0.371 e. The minimum absolute atomic E-state index is 0.0901. The van der Waals surface area contributed by atoms with E-state index < -0.39 is 11.8 Å². The van der Waals surface area contributed by atoms with Crippen LogP contribution in [0.25, 0.3) is 11.0 Å². The van der Waals surface area contributed by atoms with Crippen LogP contribution in [-0.2, 0) is 0 Å². The lowest BCUT2D eigenvalue weighted by Crippen LogP contribution is -2.48. The predicted molar refractivity (Wildman–Crippen MR) is 97.7 cm³/mol. The first-order valence-corrected chi connectivity index (χ1v) is 8.58. The second-order valence-electron chi connectivity index (χ2n) is 6.43. The van der Waals surface area contributed by atoms with Crippen molar-refractivity contribution in [2.75, 3.05) is 31.1 Å². The van der Waals surface area contributed by atoms with E-state index in [1.807, 2.05) is 12.1 Å². The summed E-state index contributed by atoms with van der Waals surface area (Å²) in [5.41, 5.74) is 1.82. The lowest BCUT2D eigenvalue weighted by Gasteiger charge is -2.36. The molecule has 0 atom stereocenters. The van der Waals surface area contributed by atoms with Crippen molar-refractivity contribution in [3.8, 4) is 0 Å². The zero-order valence-corrected chi connectivity index (χ0v) is 14.4. The summed E-state index contributed by atoms with van der Waals surface area (Å²) >= 11 is 0. The maximum absolute atomic E-state index is 13.3. The van der Waals surface area contributed by atoms with Gasteiger partial charge in [0.15, 0.2) is 0 Å². The van der Waals surface area contributed by atoms with E-state index in [1.165, 1.54) is 24.3 Å². The normalized spacial score (nSPS) is 14.6. The van der Waals surface area contributed by atoms with Gasteiger partial charge in [-0.2, -0.15) is 0 Å². The number of benzene rings is 2. The summed E-state index contributed by atoms with van der Waals surface area (Å²) in [5, 5.41) is 9.76. The summed E-state index contributed by atoms with van der Waals surface area (Å²) in [5.74, 6) is -1.79. The van der Waals surface area contributed by atoms with Crippen molar-refractivity contribution in [3.05, 3.63) is 65.7 Å². The Morgan fingerprint density at radius 1 is 1.00 bits per heavy atom. The molecule has 3 aromatic rings. The lowest BCUT2D eigenvalue weighted by atomic mass is 10.1. The van der Waals surface area contributed by atoms with Crippen molar-refractivity contribution < 1.29 is 23.5 Å². The van der Waals surface area contributed by atoms with Gasteiger partial charge in [-0.05, 0) is 42.5 Å². The minimum atomic E-state index is -1.10. The molecule has 1 aliphatic rings. The second-order valence-corrected chi connectivity index (χ2v) is 6.43. The highest BCUT2D eigenvalue weighted by Gasteiger charge is 2.23. The van der Waals surface area contributed by atoms with Gasteiger partial charge in [-0.1, -0.05) is 6.07 Å². The molecule has 2 heterocycles. The maximum atomic E-state index is 13.3. The molecule has 27 heavy (non-hydrogen) atoms. The van der Waals surface area contributed by atoms with Crippen molar-refractivity contribution in [1.29, 1.82) is 0 Å². The number of hydrogen-bond donors (Lipinski definition) is 1. The van der Waals surface area contributed by atoms with Crippen LogP contribution in [0.1, 0.15) is 20.9 Å². The van der Waals surface area contributed by atoms with Crippen LogP contribution in [0.15, 0.2) is 52.9 Å². The standard InChI is InChI=1S/C20H17FN2O4/c21-15-3-1-2-13(10-15)19(24)23-8-6-22(7-9-23)16-4-5-17-14(11-16)12-18(27-17)20(25)26/h1-5,10-12H,6-9H2,(H,25,26). The van der Waals surface area contributed by atoms with Crippen LogP contribution in [0.2, 0.25) is 0 Å². The van der Waals surface area contributed by atoms with Gasteiger partial charge in [-0.3, -0.25) is 4.79 Å². The highest BCUT2D eigenvalue weighted by molar-refractivity contribution is 5.94. The Balaban J connectivity index is 1.46. The number of carboxylic acids is 1. The number of carboxylic acid groups (broad SMARTS) is 1. The van der Waals surface area contributed by atoms with Crippen LogP contribution < -0.4 is 4.90 Å². The molecule has 1 N–H and O–H groups in total. The number of hydrogen-bond acceptors (Lipinski definition) is 4. The van der Waals surface area contributed by atoms with Crippen LogP contribution in [-0.4, -0.2) is 48.1 Å². The van der Waals surface area contributed by atoms with Gasteiger partial charge in [0.2, 0.25) is 5.76 Å². The monoisotopic (exact) mass is 368 g/mol. The van der Waals surface area contributed by atoms with Gasteiger partial charge in [-0.15, -0.1) is 0 Å². The van der Waals surface area contributed by atoms with Crippen molar-refractivity contribution >= 4 is 28.5 Å². The molecule has 138 valence electrons. The molecule has 0 unspecified atom stereocenters. The Morgan fingerprint density at radius 2 is 1.78 bits per heavy atom. The van der Waals surface area contributed by atoms with E-state index in [9.17, 15) is 14.0 Å². The van der Waals surface area contributed by atoms with Gasteiger partial charge >= 0.3 is 5.97 Å². The number of fused-ring (bicyclic) bond motifs is 1. The molecule has 0 spiro atoms. The van der Waals surface area contributed by atoms with E-state index in [4.69, 9.17) is 9.52 Å². The van der Waals surface area contributed by atoms with E-state index in [0.29, 0.717) is 37.3 Å². The fraction of sp³-hybridized carbons (Fsp3) is 0.200. The molecular formula is C20H17FN2O4. The number of furan rings is 1. The topological polar surface area (TPSA) is 74.0 Å². The number of nitrogens with zero attached hydrogens (tertiary/aromatic N) is 2. The molecule has 1 saturated heterocycles. The highest BCUT2D eigenvalue weighted by atomic mass is 19.1. The molecule has 0 radical (unpaired) electrons. The third-order valence-electron chi connectivity index (χ3n) is 4.71. The zero-order chi connectivity index (χ0) is 19.0. The average molecular weight is 368 g/mol. The van der Waals surface area contributed by atoms with E-state index >= 15 is 0 Å². The number of anilines is 1. The molecule has 2 aromatic carbocycles. The second kappa shape index (κ2) is 6.75. The summed E-state index contributed by atoms with van der Waals surface area (Å²) in [6.45, 7) is 2.32. The van der Waals surface area contributed by atoms with E-state index in [2.05, 4.69) is 4.90 Å². The SMILES string of the molecule is O=C(O)c1cc2cc(N3CCN(C(=O)c4cccc(F)c4)CC3)ccc2o1. The van der Waals surface area contributed by atoms with Crippen molar-refractivity contribution in [1.82, 2.24) is 4.90 Å². The minimum Gasteiger partial charge on any atom is -0.475 e. The zero-order valence-electron chi connectivity index (χ0n) is 14.4. The largest absolute Gasteiger partial charge is 0.475 e. The van der Waals surface area contributed by atoms with Crippen LogP contribution in [0.5, 0.6) is 0 Å². The Labute approximate surface area is 154 Å². The van der Waals surface area contributed by atoms with Gasteiger partial charge in [0.05, 0.1) is 0 Å². The van der Waals surface area contributed by atoms with Crippen LogP contribution in [0, 0.1) is 5.82 Å². The van der Waals surface area contributed by atoms with Crippen molar-refractivity contribution in [2.24, 2.45) is 0 Å². The van der Waals surface area contributed by atoms with E-state index in [-0.39, 0.29) is 11.7 Å². The molecule has 6 nitrogen and oxygen atoms in total. The number of aromatic carboxylic acids is 1. The first-order valence-electron chi connectivity index (χ1n) is 8.58. The van der Waals surface area contributed by atoms with Crippen LogP contribution >= 0.6 is 0 Å². The summed E-state index contributed by atoms with van der Waals surface area (Å²) < 4.78 is 18.6. The molecule has 1 aliphatic heterocycles. The third kappa shape index (κ3) is 3.36. The molecule has 7 heteroatoms. The molecule has 1 amide bonds. The van der Waals surface area contributed by atoms with Crippen molar-refractivity contribution in [3.63, 3.8) is 0 Å². The Kier molecular flexibility index (Phi) is 4.27. The molecule has 0 aliphatic carbocycles. The van der Waals surface area contributed by atoms with Gasteiger partial charge in [0.25, 0.3) is 5.91 Å². The van der Waals surface area contributed by atoms with Gasteiger partial charge < -0.3 is 19.3 Å². The lowest BCUT2D eigenvalue weighted by molar-refractivity contribution is 0.0664. The fourth-order valence-electron chi connectivity index (χ4n) is 3.30. The van der Waals surface area contributed by atoms with Gasteiger partial charge in [-0.25, -0.2) is 9.18 Å².